The van der Waals surface area contributed by atoms with Gasteiger partial charge in [0.25, 0.3) is 5.91 Å². The Hall–Kier alpha value is -3.41. The predicted molar refractivity (Wildman–Crippen MR) is 105 cm³/mol. The van der Waals surface area contributed by atoms with Crippen molar-refractivity contribution >= 4 is 29.2 Å². The molecule has 2 atom stereocenters. The largest absolute Gasteiger partial charge is 0.550 e. The second-order valence-corrected chi connectivity index (χ2v) is 6.83. The van der Waals surface area contributed by atoms with Gasteiger partial charge in [-0.2, -0.15) is 0 Å². The van der Waals surface area contributed by atoms with Crippen LogP contribution in [0.15, 0.2) is 60.7 Å². The number of carbonyl (C=O) groups excluding carboxylic acids is 3. The molecular weight excluding hydrogens is 356 g/mol. The molecule has 144 valence electrons. The molecule has 0 saturated carbocycles. The number of nitrogens with one attached hydrogen (secondary N) is 2. The maximum Gasteiger partial charge on any atom is 0.257 e. The van der Waals surface area contributed by atoms with Gasteiger partial charge in [-0.15, -0.1) is 0 Å². The number of carbonyl (C=O) groups is 3. The number of hydrogen-bond donors (Lipinski definition) is 2. The summed E-state index contributed by atoms with van der Waals surface area (Å²) in [5, 5.41) is 16.9. The van der Waals surface area contributed by atoms with Gasteiger partial charge in [-0.3, -0.25) is 9.59 Å². The quantitative estimate of drug-likeness (QED) is 0.782. The van der Waals surface area contributed by atoms with E-state index < -0.39 is 23.7 Å². The van der Waals surface area contributed by atoms with E-state index >= 15 is 0 Å². The lowest BCUT2D eigenvalue weighted by Gasteiger charge is -2.28. The van der Waals surface area contributed by atoms with Crippen LogP contribution < -0.4 is 15.7 Å². The number of amides is 2. The second-order valence-electron chi connectivity index (χ2n) is 6.83. The highest BCUT2D eigenvalue weighted by molar-refractivity contribution is 6.10. The summed E-state index contributed by atoms with van der Waals surface area (Å²) in [6.07, 6.45) is 4.12. The van der Waals surface area contributed by atoms with Crippen molar-refractivity contribution < 1.29 is 19.5 Å². The minimum Gasteiger partial charge on any atom is -0.550 e. The Morgan fingerprint density at radius 1 is 0.929 bits per heavy atom. The van der Waals surface area contributed by atoms with Crippen LogP contribution in [0.5, 0.6) is 0 Å². The average molecular weight is 377 g/mol. The monoisotopic (exact) mass is 377 g/mol. The van der Waals surface area contributed by atoms with Crippen LogP contribution in [0.2, 0.25) is 0 Å². The molecule has 0 radical (unpaired) electrons. The van der Waals surface area contributed by atoms with Gasteiger partial charge < -0.3 is 20.5 Å². The molecule has 0 fully saturated rings. The van der Waals surface area contributed by atoms with Crippen LogP contribution in [0, 0.1) is 18.8 Å². The van der Waals surface area contributed by atoms with Crippen molar-refractivity contribution in [2.45, 2.75) is 19.8 Å². The minimum absolute atomic E-state index is 0.260. The molecule has 0 saturated heterocycles. The van der Waals surface area contributed by atoms with E-state index in [0.717, 1.165) is 5.56 Å². The minimum atomic E-state index is -1.24. The van der Waals surface area contributed by atoms with Crippen molar-refractivity contribution in [1.82, 2.24) is 0 Å². The first kappa shape index (κ1) is 19.4. The standard InChI is InChI=1S/C22H22N2O4/c1-14-7-6-8-15(13-14)23-21(26)18-11-4-5-12-19(18)24-20(25)16-9-2-3-10-17(16)22(27)28/h2-8,11-13,16-17H,9-10H2,1H3,(H,23,26)(H,24,25)(H,27,28)/p-1/t16-,17-/m1/s1. The van der Waals surface area contributed by atoms with Gasteiger partial charge in [-0.1, -0.05) is 36.4 Å². The van der Waals surface area contributed by atoms with Crippen LogP contribution in [-0.4, -0.2) is 17.8 Å². The van der Waals surface area contributed by atoms with Gasteiger partial charge in [-0.25, -0.2) is 0 Å². The van der Waals surface area contributed by atoms with E-state index in [1.807, 2.05) is 25.1 Å². The molecule has 2 aromatic rings. The number of carboxylic acids is 1. The van der Waals surface area contributed by atoms with Crippen LogP contribution in [0.4, 0.5) is 11.4 Å². The number of para-hydroxylation sites is 1. The first-order chi connectivity index (χ1) is 13.5. The molecule has 6 nitrogen and oxygen atoms in total. The normalized spacial score (nSPS) is 18.3. The van der Waals surface area contributed by atoms with Crippen molar-refractivity contribution in [2.75, 3.05) is 10.6 Å². The lowest BCUT2D eigenvalue weighted by molar-refractivity contribution is -0.313. The second kappa shape index (κ2) is 8.52. The van der Waals surface area contributed by atoms with E-state index in [-0.39, 0.29) is 12.3 Å². The number of rotatable bonds is 5. The Balaban J connectivity index is 1.78. The molecule has 0 spiro atoms. The highest BCUT2D eigenvalue weighted by atomic mass is 16.4. The number of anilines is 2. The lowest BCUT2D eigenvalue weighted by atomic mass is 9.82. The summed E-state index contributed by atoms with van der Waals surface area (Å²) in [5.74, 6) is -3.65. The molecule has 0 aromatic heterocycles. The number of aryl methyl sites for hydroxylation is 1. The third-order valence-corrected chi connectivity index (χ3v) is 4.78. The van der Waals surface area contributed by atoms with Gasteiger partial charge in [0.1, 0.15) is 0 Å². The van der Waals surface area contributed by atoms with Crippen LogP contribution in [0.25, 0.3) is 0 Å². The summed E-state index contributed by atoms with van der Waals surface area (Å²) < 4.78 is 0. The molecule has 2 amide bonds. The third kappa shape index (κ3) is 4.46. The highest BCUT2D eigenvalue weighted by Crippen LogP contribution is 2.27. The van der Waals surface area contributed by atoms with Crippen LogP contribution in [-0.2, 0) is 9.59 Å². The number of benzene rings is 2. The Bertz CT molecular complexity index is 936. The van der Waals surface area contributed by atoms with Crippen molar-refractivity contribution in [3.8, 4) is 0 Å². The van der Waals surface area contributed by atoms with Crippen molar-refractivity contribution in [1.29, 1.82) is 0 Å². The SMILES string of the molecule is Cc1cccc(NC(=O)c2ccccc2NC(=O)[C@@H]2CC=CC[C@H]2C(=O)[O-])c1. The summed E-state index contributed by atoms with van der Waals surface area (Å²) in [6.45, 7) is 1.93. The summed E-state index contributed by atoms with van der Waals surface area (Å²) in [5.41, 5.74) is 2.30. The van der Waals surface area contributed by atoms with Crippen LogP contribution in [0.3, 0.4) is 0 Å². The Morgan fingerprint density at radius 2 is 1.64 bits per heavy atom. The number of carboxylic acid groups (broad SMARTS) is 1. The van der Waals surface area contributed by atoms with E-state index in [2.05, 4.69) is 10.6 Å². The molecule has 0 unspecified atom stereocenters. The molecule has 0 bridgehead atoms. The van der Waals surface area contributed by atoms with E-state index in [1.54, 1.807) is 42.5 Å². The molecule has 3 rings (SSSR count). The molecule has 2 N–H and O–H groups in total. The van der Waals surface area contributed by atoms with Gasteiger partial charge in [0.2, 0.25) is 5.91 Å². The maximum absolute atomic E-state index is 12.7. The highest BCUT2D eigenvalue weighted by Gasteiger charge is 2.30. The van der Waals surface area contributed by atoms with Gasteiger partial charge in [0, 0.05) is 17.6 Å². The molecule has 2 aromatic carbocycles. The topological polar surface area (TPSA) is 98.3 Å². The summed E-state index contributed by atoms with van der Waals surface area (Å²) >= 11 is 0. The maximum atomic E-state index is 12.7. The zero-order chi connectivity index (χ0) is 20.1. The summed E-state index contributed by atoms with van der Waals surface area (Å²) in [4.78, 5) is 36.7. The van der Waals surface area contributed by atoms with Crippen molar-refractivity contribution in [3.63, 3.8) is 0 Å². The fraction of sp³-hybridized carbons (Fsp3) is 0.227. The molecule has 1 aliphatic rings. The first-order valence-electron chi connectivity index (χ1n) is 9.09. The molecular formula is C22H21N2O4-. The summed E-state index contributed by atoms with van der Waals surface area (Å²) in [6, 6.07) is 14.0. The van der Waals surface area contributed by atoms with E-state index in [4.69, 9.17) is 0 Å². The lowest BCUT2D eigenvalue weighted by Crippen LogP contribution is -2.41. The number of hydrogen-bond acceptors (Lipinski definition) is 4. The molecule has 0 heterocycles. The fourth-order valence-corrected chi connectivity index (χ4v) is 3.30. The van der Waals surface area contributed by atoms with Gasteiger partial charge >= 0.3 is 0 Å². The van der Waals surface area contributed by atoms with E-state index in [9.17, 15) is 19.5 Å². The Kier molecular flexibility index (Phi) is 5.89. The zero-order valence-corrected chi connectivity index (χ0v) is 15.5. The van der Waals surface area contributed by atoms with Crippen molar-refractivity contribution in [2.24, 2.45) is 11.8 Å². The predicted octanol–water partition coefficient (Wildman–Crippen LogP) is 2.52. The number of aliphatic carboxylic acids is 1. The first-order valence-corrected chi connectivity index (χ1v) is 9.09. The van der Waals surface area contributed by atoms with Gasteiger partial charge in [-0.05, 0) is 49.6 Å². The molecule has 1 aliphatic carbocycles. The van der Waals surface area contributed by atoms with Crippen molar-refractivity contribution in [3.05, 3.63) is 71.8 Å². The molecule has 0 aliphatic heterocycles. The Morgan fingerprint density at radius 3 is 2.36 bits per heavy atom. The average Bonchev–Trinajstić information content (AvgIpc) is 2.68. The third-order valence-electron chi connectivity index (χ3n) is 4.78. The summed E-state index contributed by atoms with van der Waals surface area (Å²) in [7, 11) is 0. The smallest absolute Gasteiger partial charge is 0.257 e. The van der Waals surface area contributed by atoms with Gasteiger partial charge in [0.05, 0.1) is 17.2 Å². The van der Waals surface area contributed by atoms with E-state index in [1.165, 1.54) is 0 Å². The fourth-order valence-electron chi connectivity index (χ4n) is 3.30. The van der Waals surface area contributed by atoms with Gasteiger partial charge in [0.15, 0.2) is 0 Å². The Labute approximate surface area is 163 Å². The van der Waals surface area contributed by atoms with E-state index in [0.29, 0.717) is 23.4 Å². The number of allylic oxidation sites excluding steroid dienone is 2. The van der Waals surface area contributed by atoms with Crippen LogP contribution in [0.1, 0.15) is 28.8 Å². The zero-order valence-electron chi connectivity index (χ0n) is 15.5. The van der Waals surface area contributed by atoms with Crippen LogP contribution >= 0.6 is 0 Å². The molecule has 6 heteroatoms. The molecule has 28 heavy (non-hydrogen) atoms.